The Hall–Kier alpha value is -0.830. The summed E-state index contributed by atoms with van der Waals surface area (Å²) in [4.78, 5) is 4.09. The second-order valence-corrected chi connectivity index (χ2v) is 3.17. The smallest absolute Gasteiger partial charge is 0.0948 e. The van der Waals surface area contributed by atoms with Crippen LogP contribution in [0, 0.1) is 5.92 Å². The number of nitrogens with two attached hydrogens (primary N) is 1. The van der Waals surface area contributed by atoms with Crippen LogP contribution in [0.15, 0.2) is 12.5 Å². The fourth-order valence-corrected chi connectivity index (χ4v) is 1.64. The van der Waals surface area contributed by atoms with Crippen molar-refractivity contribution in [2.24, 2.45) is 11.7 Å². The number of hydrogen-bond donors (Lipinski definition) is 1. The molecule has 2 N–H and O–H groups in total. The average molecular weight is 151 g/mol. The number of aromatic nitrogens is 2. The van der Waals surface area contributed by atoms with Crippen molar-refractivity contribution in [1.82, 2.24) is 9.55 Å². The Labute approximate surface area is 66.2 Å². The van der Waals surface area contributed by atoms with E-state index in [4.69, 9.17) is 5.73 Å². The van der Waals surface area contributed by atoms with Gasteiger partial charge in [-0.2, -0.15) is 0 Å². The fraction of sp³-hybridized carbons (Fsp3) is 0.625. The first-order chi connectivity index (χ1) is 5.40. The van der Waals surface area contributed by atoms with Crippen LogP contribution in [0.3, 0.4) is 0 Å². The van der Waals surface area contributed by atoms with Crippen LogP contribution in [-0.4, -0.2) is 16.1 Å². The number of aryl methyl sites for hydroxylation is 1. The van der Waals surface area contributed by atoms with E-state index in [1.54, 1.807) is 0 Å². The third-order valence-corrected chi connectivity index (χ3v) is 2.41. The first kappa shape index (κ1) is 6.85. The molecule has 1 unspecified atom stereocenters. The van der Waals surface area contributed by atoms with Crippen LogP contribution in [0.5, 0.6) is 0 Å². The van der Waals surface area contributed by atoms with Gasteiger partial charge in [0.15, 0.2) is 0 Å². The SMILES string of the molecule is NCC1CCn2cncc2C1. The highest BCUT2D eigenvalue weighted by Crippen LogP contribution is 2.18. The van der Waals surface area contributed by atoms with Crippen molar-refractivity contribution in [2.75, 3.05) is 6.54 Å². The molecule has 0 radical (unpaired) electrons. The number of fused-ring (bicyclic) bond motifs is 1. The zero-order valence-corrected chi connectivity index (χ0v) is 6.53. The minimum absolute atomic E-state index is 0.680. The van der Waals surface area contributed by atoms with E-state index in [1.165, 1.54) is 12.1 Å². The van der Waals surface area contributed by atoms with Crippen molar-refractivity contribution in [3.63, 3.8) is 0 Å². The Balaban J connectivity index is 2.18. The minimum atomic E-state index is 0.680. The van der Waals surface area contributed by atoms with Gasteiger partial charge in [-0.15, -0.1) is 0 Å². The van der Waals surface area contributed by atoms with Gasteiger partial charge in [0.2, 0.25) is 0 Å². The normalized spacial score (nSPS) is 23.2. The lowest BCUT2D eigenvalue weighted by atomic mass is 9.97. The standard InChI is InChI=1S/C8H13N3/c9-4-7-1-2-11-6-10-5-8(11)3-7/h5-7H,1-4,9H2. The van der Waals surface area contributed by atoms with Gasteiger partial charge in [-0.25, -0.2) is 4.98 Å². The van der Waals surface area contributed by atoms with Crippen LogP contribution in [0.1, 0.15) is 12.1 Å². The van der Waals surface area contributed by atoms with Crippen LogP contribution >= 0.6 is 0 Å². The van der Waals surface area contributed by atoms with E-state index in [9.17, 15) is 0 Å². The summed E-state index contributed by atoms with van der Waals surface area (Å²) in [6, 6.07) is 0. The first-order valence-electron chi connectivity index (χ1n) is 4.09. The zero-order chi connectivity index (χ0) is 7.68. The van der Waals surface area contributed by atoms with Crippen molar-refractivity contribution in [2.45, 2.75) is 19.4 Å². The van der Waals surface area contributed by atoms with E-state index < -0.39 is 0 Å². The molecule has 0 spiro atoms. The number of rotatable bonds is 1. The lowest BCUT2D eigenvalue weighted by molar-refractivity contribution is 0.396. The predicted octanol–water partition coefficient (Wildman–Crippen LogP) is 0.404. The van der Waals surface area contributed by atoms with Crippen molar-refractivity contribution in [3.8, 4) is 0 Å². The Morgan fingerprint density at radius 1 is 1.73 bits per heavy atom. The van der Waals surface area contributed by atoms with Crippen LogP contribution in [0.4, 0.5) is 0 Å². The molecule has 60 valence electrons. The molecule has 1 atom stereocenters. The molecule has 2 rings (SSSR count). The molecule has 11 heavy (non-hydrogen) atoms. The molecule has 0 fully saturated rings. The van der Waals surface area contributed by atoms with Gasteiger partial charge in [-0.3, -0.25) is 0 Å². The molecule has 2 heterocycles. The topological polar surface area (TPSA) is 43.8 Å². The molecule has 3 heteroatoms. The Morgan fingerprint density at radius 2 is 2.64 bits per heavy atom. The van der Waals surface area contributed by atoms with Gasteiger partial charge in [0.05, 0.1) is 6.33 Å². The second-order valence-electron chi connectivity index (χ2n) is 3.17. The second kappa shape index (κ2) is 2.66. The summed E-state index contributed by atoms with van der Waals surface area (Å²) < 4.78 is 2.21. The van der Waals surface area contributed by atoms with Gasteiger partial charge >= 0.3 is 0 Å². The molecule has 1 aliphatic heterocycles. The number of hydrogen-bond acceptors (Lipinski definition) is 2. The van der Waals surface area contributed by atoms with Crippen molar-refractivity contribution < 1.29 is 0 Å². The maximum absolute atomic E-state index is 5.60. The van der Waals surface area contributed by atoms with Gasteiger partial charge in [0.25, 0.3) is 0 Å². The third-order valence-electron chi connectivity index (χ3n) is 2.41. The van der Waals surface area contributed by atoms with Gasteiger partial charge in [-0.05, 0) is 25.3 Å². The molecule has 0 aromatic carbocycles. The minimum Gasteiger partial charge on any atom is -0.335 e. The van der Waals surface area contributed by atoms with Gasteiger partial charge in [0, 0.05) is 18.4 Å². The molecule has 0 saturated carbocycles. The summed E-state index contributed by atoms with van der Waals surface area (Å²) in [6.07, 6.45) is 6.17. The summed E-state index contributed by atoms with van der Waals surface area (Å²) in [6.45, 7) is 1.91. The average Bonchev–Trinajstić information content (AvgIpc) is 2.50. The highest BCUT2D eigenvalue weighted by Gasteiger charge is 2.16. The van der Waals surface area contributed by atoms with E-state index in [0.29, 0.717) is 5.92 Å². The zero-order valence-electron chi connectivity index (χ0n) is 6.53. The molecular formula is C8H13N3. The molecular weight excluding hydrogens is 138 g/mol. The fourth-order valence-electron chi connectivity index (χ4n) is 1.64. The lowest BCUT2D eigenvalue weighted by Gasteiger charge is -2.21. The Morgan fingerprint density at radius 3 is 3.45 bits per heavy atom. The lowest BCUT2D eigenvalue weighted by Crippen LogP contribution is -2.24. The Kier molecular flexibility index (Phi) is 1.66. The molecule has 0 saturated heterocycles. The van der Waals surface area contributed by atoms with Crippen molar-refractivity contribution >= 4 is 0 Å². The third kappa shape index (κ3) is 1.16. The highest BCUT2D eigenvalue weighted by atomic mass is 15.0. The van der Waals surface area contributed by atoms with Crippen molar-refractivity contribution in [3.05, 3.63) is 18.2 Å². The first-order valence-corrected chi connectivity index (χ1v) is 4.09. The maximum atomic E-state index is 5.60. The maximum Gasteiger partial charge on any atom is 0.0948 e. The van der Waals surface area contributed by atoms with Crippen LogP contribution in [-0.2, 0) is 13.0 Å². The summed E-state index contributed by atoms with van der Waals surface area (Å²) in [5.74, 6) is 0.680. The van der Waals surface area contributed by atoms with Gasteiger partial charge < -0.3 is 10.3 Å². The van der Waals surface area contributed by atoms with Crippen molar-refractivity contribution in [1.29, 1.82) is 0 Å². The van der Waals surface area contributed by atoms with Crippen LogP contribution in [0.2, 0.25) is 0 Å². The number of nitrogens with zero attached hydrogens (tertiary/aromatic N) is 2. The van der Waals surface area contributed by atoms with E-state index in [-0.39, 0.29) is 0 Å². The van der Waals surface area contributed by atoms with Gasteiger partial charge in [-0.1, -0.05) is 0 Å². The van der Waals surface area contributed by atoms with Crippen LogP contribution in [0.25, 0.3) is 0 Å². The molecule has 1 aromatic rings. The largest absolute Gasteiger partial charge is 0.335 e. The van der Waals surface area contributed by atoms with Crippen LogP contribution < -0.4 is 5.73 Å². The monoisotopic (exact) mass is 151 g/mol. The molecule has 0 aliphatic carbocycles. The summed E-state index contributed by atoms with van der Waals surface area (Å²) >= 11 is 0. The van der Waals surface area contributed by atoms with E-state index >= 15 is 0 Å². The quantitative estimate of drug-likeness (QED) is 0.631. The molecule has 1 aromatic heterocycles. The summed E-state index contributed by atoms with van der Waals surface area (Å²) in [7, 11) is 0. The predicted molar refractivity (Wildman–Crippen MR) is 43.1 cm³/mol. The molecule has 0 amide bonds. The highest BCUT2D eigenvalue weighted by molar-refractivity contribution is 5.02. The summed E-state index contributed by atoms with van der Waals surface area (Å²) in [5, 5.41) is 0. The molecule has 1 aliphatic rings. The number of imidazole rings is 1. The van der Waals surface area contributed by atoms with E-state index in [0.717, 1.165) is 19.5 Å². The van der Waals surface area contributed by atoms with E-state index in [2.05, 4.69) is 9.55 Å². The molecule has 0 bridgehead atoms. The van der Waals surface area contributed by atoms with E-state index in [1.807, 2.05) is 12.5 Å². The molecule has 3 nitrogen and oxygen atoms in total. The Bertz CT molecular complexity index is 241. The van der Waals surface area contributed by atoms with Gasteiger partial charge in [0.1, 0.15) is 0 Å². The summed E-state index contributed by atoms with van der Waals surface area (Å²) in [5.41, 5.74) is 6.94.